The molecule has 0 aliphatic rings. The van der Waals surface area contributed by atoms with Gasteiger partial charge in [-0.15, -0.1) is 0 Å². The zero-order valence-electron chi connectivity index (χ0n) is 16.9. The average Bonchev–Trinajstić information content (AvgIpc) is 3.17. The van der Waals surface area contributed by atoms with Gasteiger partial charge in [0.15, 0.2) is 5.69 Å². The number of aromatic nitrogens is 1. The standard InChI is InChI=1S/C21H18F3N5O3S/c22-21(23,24)13-7-4-8-14(9-13)29(11-15(30)27-10-12-5-2-1-3-6-12)20(32)18-16(25)17(19(26)31)28-33-18/h1-9H,10-11,25H2,(H2,26,31)(H,27,30). The van der Waals surface area contributed by atoms with E-state index in [0.717, 1.165) is 28.7 Å². The second kappa shape index (κ2) is 9.69. The number of hydrogen-bond acceptors (Lipinski definition) is 6. The molecule has 3 aromatic rings. The number of benzene rings is 2. The molecule has 2 aromatic carbocycles. The van der Waals surface area contributed by atoms with E-state index in [-0.39, 0.29) is 28.5 Å². The molecule has 1 aromatic heterocycles. The number of hydrogen-bond donors (Lipinski definition) is 3. The normalized spacial score (nSPS) is 11.1. The molecular weight excluding hydrogens is 459 g/mol. The molecule has 0 saturated carbocycles. The number of alkyl halides is 3. The van der Waals surface area contributed by atoms with E-state index in [1.165, 1.54) is 6.07 Å². The summed E-state index contributed by atoms with van der Waals surface area (Å²) in [5, 5.41) is 2.62. The molecule has 0 fully saturated rings. The first-order valence-electron chi connectivity index (χ1n) is 9.42. The van der Waals surface area contributed by atoms with Crippen molar-refractivity contribution in [3.05, 3.63) is 76.3 Å². The summed E-state index contributed by atoms with van der Waals surface area (Å²) in [6.45, 7) is -0.449. The highest BCUT2D eigenvalue weighted by Crippen LogP contribution is 2.33. The van der Waals surface area contributed by atoms with Crippen LogP contribution in [0, 0.1) is 0 Å². The number of anilines is 2. The molecule has 33 heavy (non-hydrogen) atoms. The number of rotatable bonds is 7. The Morgan fingerprint density at radius 3 is 2.36 bits per heavy atom. The molecule has 0 bridgehead atoms. The third-order valence-electron chi connectivity index (χ3n) is 4.52. The summed E-state index contributed by atoms with van der Waals surface area (Å²) < 4.78 is 43.4. The van der Waals surface area contributed by atoms with Gasteiger partial charge in [-0.05, 0) is 35.3 Å². The van der Waals surface area contributed by atoms with Crippen LogP contribution in [0.15, 0.2) is 54.6 Å². The second-order valence-electron chi connectivity index (χ2n) is 6.84. The van der Waals surface area contributed by atoms with E-state index in [9.17, 15) is 27.6 Å². The topological polar surface area (TPSA) is 131 Å². The maximum atomic E-state index is 13.2. The van der Waals surface area contributed by atoms with Crippen LogP contribution in [-0.2, 0) is 17.5 Å². The number of primary amides is 1. The van der Waals surface area contributed by atoms with Crippen molar-refractivity contribution in [2.75, 3.05) is 17.2 Å². The molecule has 0 unspecified atom stereocenters. The van der Waals surface area contributed by atoms with Crippen molar-refractivity contribution in [3.63, 3.8) is 0 Å². The molecule has 5 N–H and O–H groups in total. The summed E-state index contributed by atoms with van der Waals surface area (Å²) >= 11 is 0.562. The molecule has 0 spiro atoms. The lowest BCUT2D eigenvalue weighted by atomic mass is 10.1. The van der Waals surface area contributed by atoms with Crippen LogP contribution in [0.2, 0.25) is 0 Å². The zero-order valence-corrected chi connectivity index (χ0v) is 17.7. The quantitative estimate of drug-likeness (QED) is 0.482. The van der Waals surface area contributed by atoms with Crippen molar-refractivity contribution < 1.29 is 27.6 Å². The lowest BCUT2D eigenvalue weighted by molar-refractivity contribution is -0.137. The van der Waals surface area contributed by atoms with E-state index in [0.29, 0.717) is 11.5 Å². The van der Waals surface area contributed by atoms with Crippen molar-refractivity contribution in [3.8, 4) is 0 Å². The second-order valence-corrected chi connectivity index (χ2v) is 7.61. The number of nitrogens with one attached hydrogen (secondary N) is 1. The van der Waals surface area contributed by atoms with Crippen molar-refractivity contribution in [1.82, 2.24) is 9.69 Å². The molecule has 0 aliphatic carbocycles. The van der Waals surface area contributed by atoms with E-state index >= 15 is 0 Å². The molecule has 0 atom stereocenters. The average molecular weight is 477 g/mol. The number of nitrogens with two attached hydrogens (primary N) is 2. The van der Waals surface area contributed by atoms with E-state index in [2.05, 4.69) is 9.69 Å². The smallest absolute Gasteiger partial charge is 0.395 e. The Labute approximate surface area is 190 Å². The SMILES string of the molecule is NC(=O)c1nsc(C(=O)N(CC(=O)NCc2ccccc2)c2cccc(C(F)(F)F)c2)c1N. The highest BCUT2D eigenvalue weighted by Gasteiger charge is 2.32. The molecule has 1 heterocycles. The first kappa shape index (κ1) is 23.7. The minimum atomic E-state index is -4.66. The Hall–Kier alpha value is -3.93. The van der Waals surface area contributed by atoms with Gasteiger partial charge in [-0.1, -0.05) is 36.4 Å². The van der Waals surface area contributed by atoms with Gasteiger partial charge in [0.25, 0.3) is 11.8 Å². The van der Waals surface area contributed by atoms with Gasteiger partial charge in [0.1, 0.15) is 11.4 Å². The Kier molecular flexibility index (Phi) is 6.97. The van der Waals surface area contributed by atoms with Crippen LogP contribution in [0.3, 0.4) is 0 Å². The van der Waals surface area contributed by atoms with Gasteiger partial charge in [0.05, 0.1) is 11.3 Å². The van der Waals surface area contributed by atoms with Crippen LogP contribution in [-0.4, -0.2) is 28.6 Å². The zero-order chi connectivity index (χ0) is 24.2. The number of nitrogens with zero attached hydrogens (tertiary/aromatic N) is 2. The third-order valence-corrected chi connectivity index (χ3v) is 5.37. The summed E-state index contributed by atoms with van der Waals surface area (Å²) in [6.07, 6.45) is -4.66. The number of amides is 3. The maximum Gasteiger partial charge on any atom is 0.416 e. The van der Waals surface area contributed by atoms with Crippen molar-refractivity contribution in [2.45, 2.75) is 12.7 Å². The highest BCUT2D eigenvalue weighted by molar-refractivity contribution is 7.09. The molecule has 3 amide bonds. The summed E-state index contributed by atoms with van der Waals surface area (Å²) in [5.41, 5.74) is 9.94. The summed E-state index contributed by atoms with van der Waals surface area (Å²) in [7, 11) is 0. The summed E-state index contributed by atoms with van der Waals surface area (Å²) in [6, 6.07) is 12.9. The van der Waals surface area contributed by atoms with Crippen molar-refractivity contribution in [1.29, 1.82) is 0 Å². The van der Waals surface area contributed by atoms with E-state index in [1.807, 2.05) is 0 Å². The fourth-order valence-electron chi connectivity index (χ4n) is 2.88. The Morgan fingerprint density at radius 1 is 1.06 bits per heavy atom. The predicted molar refractivity (Wildman–Crippen MR) is 116 cm³/mol. The maximum absolute atomic E-state index is 13.2. The van der Waals surface area contributed by atoms with Gasteiger partial charge in [0.2, 0.25) is 5.91 Å². The lowest BCUT2D eigenvalue weighted by Crippen LogP contribution is -2.40. The minimum absolute atomic E-state index is 0.152. The Bertz CT molecular complexity index is 1180. The van der Waals surface area contributed by atoms with E-state index < -0.39 is 36.0 Å². The molecule has 3 rings (SSSR count). The van der Waals surface area contributed by atoms with Gasteiger partial charge >= 0.3 is 6.18 Å². The van der Waals surface area contributed by atoms with Gasteiger partial charge in [0, 0.05) is 12.2 Å². The monoisotopic (exact) mass is 477 g/mol. The van der Waals surface area contributed by atoms with E-state index in [4.69, 9.17) is 11.5 Å². The van der Waals surface area contributed by atoms with Crippen LogP contribution < -0.4 is 21.7 Å². The van der Waals surface area contributed by atoms with Crippen molar-refractivity contribution >= 4 is 40.6 Å². The predicted octanol–water partition coefficient (Wildman–Crippen LogP) is 2.81. The molecule has 172 valence electrons. The van der Waals surface area contributed by atoms with Crippen LogP contribution in [0.5, 0.6) is 0 Å². The molecule has 12 heteroatoms. The highest BCUT2D eigenvalue weighted by atomic mass is 32.1. The fourth-order valence-corrected chi connectivity index (χ4v) is 3.63. The van der Waals surface area contributed by atoms with Gasteiger partial charge in [-0.3, -0.25) is 19.3 Å². The van der Waals surface area contributed by atoms with Gasteiger partial charge in [-0.25, -0.2) is 0 Å². The van der Waals surface area contributed by atoms with Gasteiger partial charge in [-0.2, -0.15) is 17.5 Å². The van der Waals surface area contributed by atoms with Crippen LogP contribution in [0.25, 0.3) is 0 Å². The fraction of sp³-hybridized carbons (Fsp3) is 0.143. The molecule has 0 radical (unpaired) electrons. The van der Waals surface area contributed by atoms with Crippen molar-refractivity contribution in [2.24, 2.45) is 5.73 Å². The third kappa shape index (κ3) is 5.66. The minimum Gasteiger partial charge on any atom is -0.395 e. The Balaban J connectivity index is 1.92. The number of nitrogen functional groups attached to an aromatic ring is 1. The molecule has 8 nitrogen and oxygen atoms in total. The van der Waals surface area contributed by atoms with Crippen LogP contribution >= 0.6 is 11.5 Å². The first-order valence-corrected chi connectivity index (χ1v) is 10.2. The largest absolute Gasteiger partial charge is 0.416 e. The number of carbonyl (C=O) groups excluding carboxylic acids is 3. The molecule has 0 saturated heterocycles. The van der Waals surface area contributed by atoms with Crippen LogP contribution in [0.4, 0.5) is 24.5 Å². The summed E-state index contributed by atoms with van der Waals surface area (Å²) in [5.74, 6) is -2.48. The van der Waals surface area contributed by atoms with Gasteiger partial charge < -0.3 is 16.8 Å². The molecule has 0 aliphatic heterocycles. The number of carbonyl (C=O) groups is 3. The summed E-state index contributed by atoms with van der Waals surface area (Å²) in [4.78, 5) is 37.8. The lowest BCUT2D eigenvalue weighted by Gasteiger charge is -2.23. The number of halogens is 3. The first-order chi connectivity index (χ1) is 15.6. The molecular formula is C21H18F3N5O3S. The van der Waals surface area contributed by atoms with E-state index in [1.54, 1.807) is 30.3 Å². The Morgan fingerprint density at radius 2 is 1.76 bits per heavy atom. The van der Waals surface area contributed by atoms with Crippen LogP contribution in [0.1, 0.15) is 31.3 Å².